The second-order valence-electron chi connectivity index (χ2n) is 6.67. The summed E-state index contributed by atoms with van der Waals surface area (Å²) < 4.78 is 0. The maximum absolute atomic E-state index is 12.3. The number of nitrogens with zero attached hydrogens (tertiary/aromatic N) is 1. The van der Waals surface area contributed by atoms with Gasteiger partial charge in [-0.1, -0.05) is 18.5 Å². The molecule has 3 amide bonds. The van der Waals surface area contributed by atoms with Gasteiger partial charge in [-0.3, -0.25) is 14.4 Å². The predicted molar refractivity (Wildman–Crippen MR) is 117 cm³/mol. The first-order valence-electron chi connectivity index (χ1n) is 9.25. The summed E-state index contributed by atoms with van der Waals surface area (Å²) in [4.78, 5) is 37.4. The summed E-state index contributed by atoms with van der Waals surface area (Å²) in [5, 5.41) is 8.86. The number of hydrogen-bond donors (Lipinski definition) is 3. The van der Waals surface area contributed by atoms with E-state index in [1.165, 1.54) is 4.90 Å². The zero-order chi connectivity index (χ0) is 21.4. The van der Waals surface area contributed by atoms with Gasteiger partial charge in [0.15, 0.2) is 0 Å². The molecule has 154 valence electrons. The van der Waals surface area contributed by atoms with Crippen LogP contribution in [0.4, 0.5) is 17.1 Å². The number of carbonyl (C=O) groups excluding carboxylic acids is 3. The third-order valence-electron chi connectivity index (χ3n) is 3.99. The molecule has 0 spiro atoms. The predicted octanol–water partition coefficient (Wildman–Crippen LogP) is 3.83. The standard InChI is InChI=1S/C21H25ClN4O3/c1-4-5-19(27)24-16-10-11-17(22)18(12-16)25-20(28)13-23-15-8-6-14(7-9-15)21(29)26(2)3/h6-12,23H,4-5,13H2,1-3H3,(H,24,27)(H,25,28). The summed E-state index contributed by atoms with van der Waals surface area (Å²) in [5.41, 5.74) is 2.26. The van der Waals surface area contributed by atoms with E-state index in [-0.39, 0.29) is 24.3 Å². The average molecular weight is 417 g/mol. The smallest absolute Gasteiger partial charge is 0.253 e. The number of nitrogens with one attached hydrogen (secondary N) is 3. The fraction of sp³-hybridized carbons (Fsp3) is 0.286. The normalized spacial score (nSPS) is 10.2. The fourth-order valence-electron chi connectivity index (χ4n) is 2.51. The van der Waals surface area contributed by atoms with Crippen molar-refractivity contribution < 1.29 is 14.4 Å². The van der Waals surface area contributed by atoms with Crippen LogP contribution >= 0.6 is 11.6 Å². The summed E-state index contributed by atoms with van der Waals surface area (Å²) in [6, 6.07) is 11.8. The number of hydrogen-bond acceptors (Lipinski definition) is 4. The highest BCUT2D eigenvalue weighted by Crippen LogP contribution is 2.25. The minimum atomic E-state index is -0.294. The Balaban J connectivity index is 1.93. The van der Waals surface area contributed by atoms with Gasteiger partial charge >= 0.3 is 0 Å². The monoisotopic (exact) mass is 416 g/mol. The molecule has 2 aromatic carbocycles. The van der Waals surface area contributed by atoms with Gasteiger partial charge in [-0.2, -0.15) is 0 Å². The van der Waals surface area contributed by atoms with E-state index in [0.29, 0.717) is 34.1 Å². The Morgan fingerprint density at radius 1 is 0.931 bits per heavy atom. The molecule has 0 aromatic heterocycles. The first-order chi connectivity index (χ1) is 13.8. The molecule has 0 unspecified atom stereocenters. The Labute approximate surface area is 175 Å². The van der Waals surface area contributed by atoms with Gasteiger partial charge in [-0.15, -0.1) is 0 Å². The van der Waals surface area contributed by atoms with E-state index in [4.69, 9.17) is 11.6 Å². The van der Waals surface area contributed by atoms with Crippen LogP contribution in [0, 0.1) is 0 Å². The topological polar surface area (TPSA) is 90.5 Å². The van der Waals surface area contributed by atoms with Crippen LogP contribution in [-0.2, 0) is 9.59 Å². The molecule has 0 saturated heterocycles. The Kier molecular flexibility index (Phi) is 8.03. The SMILES string of the molecule is CCCC(=O)Nc1ccc(Cl)c(NC(=O)CNc2ccc(C(=O)N(C)C)cc2)c1. The van der Waals surface area contributed by atoms with E-state index in [1.54, 1.807) is 56.6 Å². The van der Waals surface area contributed by atoms with Gasteiger partial charge in [0.2, 0.25) is 11.8 Å². The van der Waals surface area contributed by atoms with Gasteiger partial charge in [0.25, 0.3) is 5.91 Å². The van der Waals surface area contributed by atoms with Crippen molar-refractivity contribution in [2.75, 3.05) is 36.6 Å². The molecule has 2 rings (SSSR count). The van der Waals surface area contributed by atoms with Crippen LogP contribution in [0.1, 0.15) is 30.1 Å². The van der Waals surface area contributed by atoms with Crippen LogP contribution in [0.25, 0.3) is 0 Å². The molecular weight excluding hydrogens is 392 g/mol. The van der Waals surface area contributed by atoms with E-state index in [9.17, 15) is 14.4 Å². The van der Waals surface area contributed by atoms with E-state index in [2.05, 4.69) is 16.0 Å². The molecule has 0 aliphatic carbocycles. The lowest BCUT2D eigenvalue weighted by atomic mass is 10.2. The first kappa shape index (κ1) is 22.2. The van der Waals surface area contributed by atoms with Crippen molar-refractivity contribution in [2.24, 2.45) is 0 Å². The Morgan fingerprint density at radius 3 is 2.21 bits per heavy atom. The van der Waals surface area contributed by atoms with Gasteiger partial charge in [-0.05, 0) is 48.9 Å². The van der Waals surface area contributed by atoms with Gasteiger partial charge in [0.05, 0.1) is 17.3 Å². The highest BCUT2D eigenvalue weighted by molar-refractivity contribution is 6.33. The summed E-state index contributed by atoms with van der Waals surface area (Å²) in [6.45, 7) is 1.94. The van der Waals surface area contributed by atoms with Crippen LogP contribution in [-0.4, -0.2) is 43.3 Å². The number of benzene rings is 2. The number of halogens is 1. The fourth-order valence-corrected chi connectivity index (χ4v) is 2.68. The van der Waals surface area contributed by atoms with Crippen molar-refractivity contribution in [1.29, 1.82) is 0 Å². The van der Waals surface area contributed by atoms with E-state index < -0.39 is 0 Å². The molecule has 0 aliphatic heterocycles. The van der Waals surface area contributed by atoms with Crippen LogP contribution in [0.5, 0.6) is 0 Å². The lowest BCUT2D eigenvalue weighted by Gasteiger charge is -2.12. The van der Waals surface area contributed by atoms with Crippen molar-refractivity contribution in [2.45, 2.75) is 19.8 Å². The van der Waals surface area contributed by atoms with Gasteiger partial charge in [0.1, 0.15) is 0 Å². The van der Waals surface area contributed by atoms with E-state index >= 15 is 0 Å². The lowest BCUT2D eigenvalue weighted by Crippen LogP contribution is -2.23. The Hall–Kier alpha value is -3.06. The quantitative estimate of drug-likeness (QED) is 0.610. The zero-order valence-electron chi connectivity index (χ0n) is 16.7. The second kappa shape index (κ2) is 10.5. The lowest BCUT2D eigenvalue weighted by molar-refractivity contribution is -0.116. The van der Waals surface area contributed by atoms with Gasteiger partial charge in [0, 0.05) is 37.5 Å². The van der Waals surface area contributed by atoms with Gasteiger partial charge in [-0.25, -0.2) is 0 Å². The molecule has 0 fully saturated rings. The van der Waals surface area contributed by atoms with Crippen molar-refractivity contribution in [3.63, 3.8) is 0 Å². The van der Waals surface area contributed by atoms with Crippen molar-refractivity contribution in [3.8, 4) is 0 Å². The highest BCUT2D eigenvalue weighted by atomic mass is 35.5. The number of amides is 3. The van der Waals surface area contributed by atoms with Crippen LogP contribution < -0.4 is 16.0 Å². The van der Waals surface area contributed by atoms with Crippen molar-refractivity contribution in [3.05, 3.63) is 53.1 Å². The third-order valence-corrected chi connectivity index (χ3v) is 4.32. The summed E-state index contributed by atoms with van der Waals surface area (Å²) in [5.74, 6) is -0.475. The second-order valence-corrected chi connectivity index (χ2v) is 7.08. The molecule has 7 nitrogen and oxygen atoms in total. The molecule has 0 aliphatic rings. The molecule has 0 heterocycles. The molecule has 0 radical (unpaired) electrons. The first-order valence-corrected chi connectivity index (χ1v) is 9.62. The molecular formula is C21H25ClN4O3. The van der Waals surface area contributed by atoms with Crippen molar-refractivity contribution in [1.82, 2.24) is 4.90 Å². The largest absolute Gasteiger partial charge is 0.376 e. The van der Waals surface area contributed by atoms with Gasteiger partial charge < -0.3 is 20.9 Å². The van der Waals surface area contributed by atoms with Crippen molar-refractivity contribution >= 4 is 46.4 Å². The van der Waals surface area contributed by atoms with Crippen LogP contribution in [0.3, 0.4) is 0 Å². The maximum Gasteiger partial charge on any atom is 0.253 e. The average Bonchev–Trinajstić information content (AvgIpc) is 2.69. The molecule has 0 atom stereocenters. The Morgan fingerprint density at radius 2 is 1.59 bits per heavy atom. The summed E-state index contributed by atoms with van der Waals surface area (Å²) >= 11 is 6.14. The molecule has 3 N–H and O–H groups in total. The number of anilines is 3. The molecule has 0 saturated carbocycles. The maximum atomic E-state index is 12.3. The van der Waals surface area contributed by atoms with Crippen LogP contribution in [0.2, 0.25) is 5.02 Å². The number of carbonyl (C=O) groups is 3. The minimum absolute atomic E-state index is 0.0176. The molecule has 8 heteroatoms. The zero-order valence-corrected chi connectivity index (χ0v) is 17.5. The van der Waals surface area contributed by atoms with E-state index in [0.717, 1.165) is 6.42 Å². The minimum Gasteiger partial charge on any atom is -0.376 e. The third kappa shape index (κ3) is 6.80. The summed E-state index contributed by atoms with van der Waals surface area (Å²) in [7, 11) is 3.38. The highest BCUT2D eigenvalue weighted by Gasteiger charge is 2.10. The number of rotatable bonds is 8. The van der Waals surface area contributed by atoms with E-state index in [1.807, 2.05) is 6.92 Å². The molecule has 29 heavy (non-hydrogen) atoms. The van der Waals surface area contributed by atoms with Crippen LogP contribution in [0.15, 0.2) is 42.5 Å². The molecule has 2 aromatic rings. The Bertz CT molecular complexity index is 882. The molecule has 0 bridgehead atoms. The summed E-state index contributed by atoms with van der Waals surface area (Å²) in [6.07, 6.45) is 1.17.